The number of nitrogens with zero attached hydrogens (tertiary/aromatic N) is 1. The van der Waals surface area contributed by atoms with Crippen molar-refractivity contribution in [1.82, 2.24) is 4.90 Å². The van der Waals surface area contributed by atoms with Crippen LogP contribution in [-0.4, -0.2) is 30.6 Å². The molecule has 16 heavy (non-hydrogen) atoms. The van der Waals surface area contributed by atoms with Crippen LogP contribution in [0.4, 0.5) is 0 Å². The molecule has 0 aliphatic heterocycles. The van der Waals surface area contributed by atoms with Crippen molar-refractivity contribution in [2.24, 2.45) is 5.73 Å². The van der Waals surface area contributed by atoms with Crippen molar-refractivity contribution >= 4 is 0 Å². The monoisotopic (exact) mass is 220 g/mol. The van der Waals surface area contributed by atoms with Gasteiger partial charge in [0, 0.05) is 19.1 Å². The van der Waals surface area contributed by atoms with Gasteiger partial charge in [-0.3, -0.25) is 4.90 Å². The fourth-order valence-corrected chi connectivity index (χ4v) is 1.92. The zero-order valence-corrected chi connectivity index (χ0v) is 10.5. The second-order valence-electron chi connectivity index (χ2n) is 4.51. The van der Waals surface area contributed by atoms with Crippen molar-refractivity contribution < 1.29 is 0 Å². The number of rotatable bonds is 7. The Morgan fingerprint density at radius 2 is 1.81 bits per heavy atom. The molecule has 90 valence electrons. The Morgan fingerprint density at radius 1 is 1.12 bits per heavy atom. The third-order valence-electron chi connectivity index (χ3n) is 2.90. The zero-order valence-electron chi connectivity index (χ0n) is 10.5. The average Bonchev–Trinajstić information content (AvgIpc) is 2.29. The highest BCUT2D eigenvalue weighted by atomic mass is 15.1. The molecule has 2 heteroatoms. The second kappa shape index (κ2) is 7.42. The number of hydrogen-bond acceptors (Lipinski definition) is 2. The van der Waals surface area contributed by atoms with Gasteiger partial charge in [0.05, 0.1) is 0 Å². The van der Waals surface area contributed by atoms with E-state index >= 15 is 0 Å². The van der Waals surface area contributed by atoms with Gasteiger partial charge in [0.1, 0.15) is 0 Å². The molecule has 2 nitrogen and oxygen atoms in total. The van der Waals surface area contributed by atoms with Crippen LogP contribution in [0, 0.1) is 0 Å². The molecule has 1 aromatic rings. The van der Waals surface area contributed by atoms with E-state index in [1.165, 1.54) is 12.0 Å². The molecule has 0 amide bonds. The van der Waals surface area contributed by atoms with Gasteiger partial charge in [-0.05, 0) is 38.8 Å². The smallest absolute Gasteiger partial charge is 0.0107 e. The zero-order chi connectivity index (χ0) is 11.8. The quantitative estimate of drug-likeness (QED) is 0.764. The van der Waals surface area contributed by atoms with E-state index in [4.69, 9.17) is 5.73 Å². The number of aryl methyl sites for hydroxylation is 1. The first kappa shape index (κ1) is 13.2. The van der Waals surface area contributed by atoms with Gasteiger partial charge < -0.3 is 5.73 Å². The van der Waals surface area contributed by atoms with Crippen LogP contribution < -0.4 is 5.73 Å². The van der Waals surface area contributed by atoms with Crippen LogP contribution in [0.2, 0.25) is 0 Å². The van der Waals surface area contributed by atoms with Crippen LogP contribution in [0.15, 0.2) is 30.3 Å². The Bertz CT molecular complexity index is 269. The topological polar surface area (TPSA) is 29.3 Å². The first-order valence-corrected chi connectivity index (χ1v) is 6.22. The molecular formula is C14H24N2. The minimum absolute atomic E-state index is 0.597. The molecule has 0 spiro atoms. The van der Waals surface area contributed by atoms with Gasteiger partial charge >= 0.3 is 0 Å². The van der Waals surface area contributed by atoms with Gasteiger partial charge in [-0.15, -0.1) is 0 Å². The van der Waals surface area contributed by atoms with E-state index < -0.39 is 0 Å². The summed E-state index contributed by atoms with van der Waals surface area (Å²) >= 11 is 0. The highest BCUT2D eigenvalue weighted by molar-refractivity contribution is 5.14. The van der Waals surface area contributed by atoms with E-state index in [1.807, 2.05) is 0 Å². The van der Waals surface area contributed by atoms with E-state index in [2.05, 4.69) is 49.1 Å². The number of nitrogens with two attached hydrogens (primary N) is 1. The molecule has 0 aromatic heterocycles. The Balaban J connectivity index is 2.28. The first-order valence-electron chi connectivity index (χ1n) is 6.22. The Kier molecular flexibility index (Phi) is 6.12. The van der Waals surface area contributed by atoms with Gasteiger partial charge in [0.2, 0.25) is 0 Å². The van der Waals surface area contributed by atoms with Crippen molar-refractivity contribution in [3.8, 4) is 0 Å². The fourth-order valence-electron chi connectivity index (χ4n) is 1.92. The van der Waals surface area contributed by atoms with E-state index in [1.54, 1.807) is 0 Å². The van der Waals surface area contributed by atoms with E-state index in [0.29, 0.717) is 6.04 Å². The van der Waals surface area contributed by atoms with Crippen molar-refractivity contribution in [2.75, 3.05) is 19.6 Å². The summed E-state index contributed by atoms with van der Waals surface area (Å²) in [6.45, 7) is 7.37. The highest BCUT2D eigenvalue weighted by Crippen LogP contribution is 2.05. The average molecular weight is 220 g/mol. The molecule has 0 saturated carbocycles. The van der Waals surface area contributed by atoms with E-state index in [0.717, 1.165) is 26.1 Å². The normalized spacial score (nSPS) is 11.3. The molecule has 0 unspecified atom stereocenters. The fraction of sp³-hybridized carbons (Fsp3) is 0.571. The van der Waals surface area contributed by atoms with Crippen molar-refractivity contribution in [3.63, 3.8) is 0 Å². The molecule has 0 atom stereocenters. The lowest BCUT2D eigenvalue weighted by Gasteiger charge is -2.25. The summed E-state index contributed by atoms with van der Waals surface area (Å²) in [7, 11) is 0. The van der Waals surface area contributed by atoms with Gasteiger partial charge in [0.25, 0.3) is 0 Å². The standard InChI is InChI=1S/C14H24N2/c1-13(2)16(12-10-15)11-6-9-14-7-4-3-5-8-14/h3-5,7-8,13H,6,9-12,15H2,1-2H3. The summed E-state index contributed by atoms with van der Waals surface area (Å²) in [4.78, 5) is 2.45. The summed E-state index contributed by atoms with van der Waals surface area (Å²) in [5.74, 6) is 0. The van der Waals surface area contributed by atoms with Gasteiger partial charge in [-0.2, -0.15) is 0 Å². The van der Waals surface area contributed by atoms with E-state index in [-0.39, 0.29) is 0 Å². The molecule has 1 rings (SSSR count). The first-order chi connectivity index (χ1) is 7.74. The largest absolute Gasteiger partial charge is 0.329 e. The lowest BCUT2D eigenvalue weighted by atomic mass is 10.1. The molecule has 0 aliphatic carbocycles. The molecule has 0 radical (unpaired) electrons. The molecule has 1 aromatic carbocycles. The predicted octanol–water partition coefficient (Wildman–Crippen LogP) is 2.29. The van der Waals surface area contributed by atoms with Gasteiger partial charge in [-0.1, -0.05) is 30.3 Å². The number of hydrogen-bond donors (Lipinski definition) is 1. The summed E-state index contributed by atoms with van der Waals surface area (Å²) in [6, 6.07) is 11.3. The SMILES string of the molecule is CC(C)N(CCN)CCCc1ccccc1. The van der Waals surface area contributed by atoms with Gasteiger partial charge in [-0.25, -0.2) is 0 Å². The summed E-state index contributed by atoms with van der Waals surface area (Å²) in [6.07, 6.45) is 2.37. The predicted molar refractivity (Wildman–Crippen MR) is 70.5 cm³/mol. The highest BCUT2D eigenvalue weighted by Gasteiger charge is 2.07. The minimum atomic E-state index is 0.597. The molecule has 0 bridgehead atoms. The molecule has 0 heterocycles. The molecule has 0 saturated heterocycles. The van der Waals surface area contributed by atoms with Crippen LogP contribution in [0.25, 0.3) is 0 Å². The van der Waals surface area contributed by atoms with Crippen LogP contribution >= 0.6 is 0 Å². The van der Waals surface area contributed by atoms with Crippen molar-refractivity contribution in [1.29, 1.82) is 0 Å². The van der Waals surface area contributed by atoms with Gasteiger partial charge in [0.15, 0.2) is 0 Å². The van der Waals surface area contributed by atoms with Crippen LogP contribution in [0.1, 0.15) is 25.8 Å². The molecule has 0 fully saturated rings. The maximum absolute atomic E-state index is 5.61. The van der Waals surface area contributed by atoms with E-state index in [9.17, 15) is 0 Å². The van der Waals surface area contributed by atoms with Crippen LogP contribution in [0.5, 0.6) is 0 Å². The molecule has 0 aliphatic rings. The summed E-state index contributed by atoms with van der Waals surface area (Å²) in [5.41, 5.74) is 7.04. The lowest BCUT2D eigenvalue weighted by Crippen LogP contribution is -2.36. The van der Waals surface area contributed by atoms with Crippen LogP contribution in [-0.2, 0) is 6.42 Å². The Labute approximate surface area is 99.5 Å². The molecular weight excluding hydrogens is 196 g/mol. The second-order valence-corrected chi connectivity index (χ2v) is 4.51. The third kappa shape index (κ3) is 4.77. The Morgan fingerprint density at radius 3 is 2.38 bits per heavy atom. The number of benzene rings is 1. The summed E-state index contributed by atoms with van der Waals surface area (Å²) < 4.78 is 0. The lowest BCUT2D eigenvalue weighted by molar-refractivity contribution is 0.225. The maximum atomic E-state index is 5.61. The summed E-state index contributed by atoms with van der Waals surface area (Å²) in [5, 5.41) is 0. The Hall–Kier alpha value is -0.860. The third-order valence-corrected chi connectivity index (χ3v) is 2.90. The minimum Gasteiger partial charge on any atom is -0.329 e. The van der Waals surface area contributed by atoms with Crippen LogP contribution in [0.3, 0.4) is 0 Å². The maximum Gasteiger partial charge on any atom is 0.0107 e. The molecule has 2 N–H and O–H groups in total. The van der Waals surface area contributed by atoms with Crippen molar-refractivity contribution in [3.05, 3.63) is 35.9 Å². The van der Waals surface area contributed by atoms with Crippen molar-refractivity contribution in [2.45, 2.75) is 32.7 Å².